The molecule has 164 valence electrons. The second-order valence-electron chi connectivity index (χ2n) is 7.72. The van der Waals surface area contributed by atoms with E-state index >= 15 is 0 Å². The number of benzene rings is 2. The van der Waals surface area contributed by atoms with Gasteiger partial charge in [0.05, 0.1) is 18.6 Å². The molecule has 0 spiro atoms. The molecule has 0 bridgehead atoms. The van der Waals surface area contributed by atoms with Gasteiger partial charge >= 0.3 is 0 Å². The largest absolute Gasteiger partial charge is 0.496 e. The molecule has 1 saturated heterocycles. The zero-order valence-corrected chi connectivity index (χ0v) is 17.6. The minimum atomic E-state index is -3.15. The second kappa shape index (κ2) is 8.30. The highest BCUT2D eigenvalue weighted by Crippen LogP contribution is 2.38. The van der Waals surface area contributed by atoms with E-state index < -0.39 is 39.3 Å². The van der Waals surface area contributed by atoms with Crippen molar-refractivity contribution in [3.05, 3.63) is 65.4 Å². The van der Waals surface area contributed by atoms with Crippen molar-refractivity contribution < 1.29 is 26.7 Å². The molecule has 0 aliphatic carbocycles. The lowest BCUT2D eigenvalue weighted by Gasteiger charge is -2.20. The van der Waals surface area contributed by atoms with Crippen LogP contribution in [0.3, 0.4) is 0 Å². The lowest BCUT2D eigenvalue weighted by atomic mass is 9.87. The van der Waals surface area contributed by atoms with Gasteiger partial charge in [-0.25, -0.2) is 17.2 Å². The number of hydrogen-bond acceptors (Lipinski definition) is 4. The molecule has 2 heterocycles. The van der Waals surface area contributed by atoms with Crippen molar-refractivity contribution in [1.82, 2.24) is 10.3 Å². The fraction of sp³-hybridized carbons (Fsp3) is 0.318. The molecule has 1 fully saturated rings. The molecule has 9 heteroatoms. The number of hydrogen-bond donors (Lipinski definition) is 2. The van der Waals surface area contributed by atoms with Gasteiger partial charge in [-0.05, 0) is 35.7 Å². The molecule has 2 atom stereocenters. The highest BCUT2D eigenvalue weighted by Gasteiger charge is 2.31. The van der Waals surface area contributed by atoms with Crippen LogP contribution in [0.5, 0.6) is 5.75 Å². The zero-order chi connectivity index (χ0) is 22.2. The van der Waals surface area contributed by atoms with Crippen molar-refractivity contribution in [3.63, 3.8) is 0 Å². The Balaban J connectivity index is 1.72. The molecule has 3 aromatic rings. The Morgan fingerprint density at radius 3 is 2.74 bits per heavy atom. The third-order valence-corrected chi connectivity index (χ3v) is 7.39. The van der Waals surface area contributed by atoms with Gasteiger partial charge in [-0.2, -0.15) is 0 Å². The zero-order valence-electron chi connectivity index (χ0n) is 16.8. The summed E-state index contributed by atoms with van der Waals surface area (Å²) in [4.78, 5) is 15.9. The van der Waals surface area contributed by atoms with Gasteiger partial charge in [-0.3, -0.25) is 4.79 Å². The molecular formula is C22H22F2N2O4S. The Bertz CT molecular complexity index is 1240. The average Bonchev–Trinajstić information content (AvgIpc) is 3.29. The summed E-state index contributed by atoms with van der Waals surface area (Å²) in [6.45, 7) is 0. The highest BCUT2D eigenvalue weighted by atomic mass is 32.2. The topological polar surface area (TPSA) is 88.3 Å². The molecule has 4 rings (SSSR count). The van der Waals surface area contributed by atoms with Gasteiger partial charge in [-0.1, -0.05) is 12.1 Å². The minimum Gasteiger partial charge on any atom is -0.496 e. The smallest absolute Gasteiger partial charge is 0.221 e. The third-order valence-electron chi connectivity index (χ3n) is 5.62. The molecule has 2 aromatic carbocycles. The lowest BCUT2D eigenvalue weighted by molar-refractivity contribution is -0.121. The van der Waals surface area contributed by atoms with Crippen molar-refractivity contribution in [2.45, 2.75) is 24.8 Å². The number of aromatic amines is 1. The monoisotopic (exact) mass is 448 g/mol. The Morgan fingerprint density at radius 2 is 2.06 bits per heavy atom. The molecule has 31 heavy (non-hydrogen) atoms. The number of carbonyl (C=O) groups is 1. The fourth-order valence-electron chi connectivity index (χ4n) is 4.17. The summed E-state index contributed by atoms with van der Waals surface area (Å²) in [5.41, 5.74) is 1.55. The third kappa shape index (κ3) is 4.41. The van der Waals surface area contributed by atoms with Crippen LogP contribution in [0, 0.1) is 11.6 Å². The van der Waals surface area contributed by atoms with Crippen LogP contribution in [0.1, 0.15) is 29.9 Å². The van der Waals surface area contributed by atoms with Crippen LogP contribution in [-0.2, 0) is 14.6 Å². The summed E-state index contributed by atoms with van der Waals surface area (Å²) in [5, 5.41) is 3.45. The molecule has 1 aliphatic heterocycles. The van der Waals surface area contributed by atoms with Gasteiger partial charge in [0.2, 0.25) is 5.91 Å². The number of H-pyrrole nitrogens is 1. The van der Waals surface area contributed by atoms with Crippen LogP contribution >= 0.6 is 0 Å². The quantitative estimate of drug-likeness (QED) is 0.606. The predicted octanol–water partition coefficient (Wildman–Crippen LogP) is 3.28. The van der Waals surface area contributed by atoms with E-state index in [1.165, 1.54) is 13.2 Å². The van der Waals surface area contributed by atoms with Crippen molar-refractivity contribution in [2.75, 3.05) is 18.6 Å². The molecule has 2 N–H and O–H groups in total. The molecule has 1 amide bonds. The molecule has 0 unspecified atom stereocenters. The van der Waals surface area contributed by atoms with E-state index in [1.54, 1.807) is 12.3 Å². The molecule has 6 nitrogen and oxygen atoms in total. The van der Waals surface area contributed by atoms with Gasteiger partial charge in [-0.15, -0.1) is 0 Å². The number of nitrogens with one attached hydrogen (secondary N) is 2. The normalized spacial score (nSPS) is 18.7. The van der Waals surface area contributed by atoms with E-state index in [0.29, 0.717) is 23.1 Å². The Hall–Kier alpha value is -2.94. The number of amides is 1. The van der Waals surface area contributed by atoms with Gasteiger partial charge in [0.25, 0.3) is 0 Å². The average molecular weight is 448 g/mol. The maximum absolute atomic E-state index is 14.7. The first-order valence-electron chi connectivity index (χ1n) is 9.86. The maximum atomic E-state index is 14.7. The van der Waals surface area contributed by atoms with Crippen LogP contribution < -0.4 is 10.1 Å². The first-order valence-corrected chi connectivity index (χ1v) is 11.7. The first-order chi connectivity index (χ1) is 14.8. The van der Waals surface area contributed by atoms with Gasteiger partial charge in [0, 0.05) is 41.5 Å². The lowest BCUT2D eigenvalue weighted by Crippen LogP contribution is -2.36. The molecule has 0 radical (unpaired) electrons. The van der Waals surface area contributed by atoms with Gasteiger partial charge in [0.15, 0.2) is 9.84 Å². The van der Waals surface area contributed by atoms with E-state index in [4.69, 9.17) is 4.74 Å². The van der Waals surface area contributed by atoms with Crippen LogP contribution in [0.4, 0.5) is 8.78 Å². The van der Waals surface area contributed by atoms with Crippen LogP contribution in [0.15, 0.2) is 42.6 Å². The number of aromatic nitrogens is 1. The molecule has 1 aliphatic rings. The maximum Gasteiger partial charge on any atom is 0.221 e. The summed E-state index contributed by atoms with van der Waals surface area (Å²) in [6.07, 6.45) is 1.91. The number of methoxy groups -OCH3 is 1. The standard InChI is InChI=1S/C22H22F2N2O4S/c1-30-20-4-2-3-19-22(20)17(11-25-19)16(15-6-5-13(23)9-18(15)24)10-21(27)26-14-7-8-31(28,29)12-14/h2-6,9,11,14,16,25H,7-8,10,12H2,1H3,(H,26,27)/t14-,16-/m1/s1. The summed E-state index contributed by atoms with van der Waals surface area (Å²) >= 11 is 0. The highest BCUT2D eigenvalue weighted by molar-refractivity contribution is 7.91. The van der Waals surface area contributed by atoms with E-state index in [1.807, 2.05) is 12.1 Å². The molecule has 0 saturated carbocycles. The van der Waals surface area contributed by atoms with Crippen LogP contribution in [0.2, 0.25) is 0 Å². The Kier molecular flexibility index (Phi) is 5.70. The summed E-state index contributed by atoms with van der Waals surface area (Å²) in [7, 11) is -1.63. The fourth-order valence-corrected chi connectivity index (χ4v) is 5.85. The number of carbonyl (C=O) groups excluding carboxylic acids is 1. The van der Waals surface area contributed by atoms with Crippen molar-refractivity contribution in [2.24, 2.45) is 0 Å². The summed E-state index contributed by atoms with van der Waals surface area (Å²) in [6, 6.07) is 8.21. The van der Waals surface area contributed by atoms with Gasteiger partial charge < -0.3 is 15.0 Å². The van der Waals surface area contributed by atoms with Crippen molar-refractivity contribution in [1.29, 1.82) is 0 Å². The first kappa shape index (κ1) is 21.3. The number of sulfone groups is 1. The van der Waals surface area contributed by atoms with Crippen LogP contribution in [-0.4, -0.2) is 44.0 Å². The predicted molar refractivity (Wildman–Crippen MR) is 113 cm³/mol. The van der Waals surface area contributed by atoms with E-state index in [-0.39, 0.29) is 23.5 Å². The number of fused-ring (bicyclic) bond motifs is 1. The summed E-state index contributed by atoms with van der Waals surface area (Å²) in [5.74, 6) is -2.11. The Morgan fingerprint density at radius 1 is 1.26 bits per heavy atom. The number of halogens is 2. The van der Waals surface area contributed by atoms with E-state index in [2.05, 4.69) is 10.3 Å². The number of rotatable bonds is 6. The Labute approximate surface area is 178 Å². The SMILES string of the molecule is COc1cccc2[nH]cc([C@H](CC(=O)N[C@@H]3CCS(=O)(=O)C3)c3ccc(F)cc3F)c12. The van der Waals surface area contributed by atoms with E-state index in [0.717, 1.165) is 17.6 Å². The second-order valence-corrected chi connectivity index (χ2v) is 9.95. The van der Waals surface area contributed by atoms with Crippen molar-refractivity contribution >= 4 is 26.6 Å². The van der Waals surface area contributed by atoms with Gasteiger partial charge in [0.1, 0.15) is 17.4 Å². The number of ether oxygens (including phenoxy) is 1. The van der Waals surface area contributed by atoms with Crippen molar-refractivity contribution in [3.8, 4) is 5.75 Å². The van der Waals surface area contributed by atoms with Crippen LogP contribution in [0.25, 0.3) is 10.9 Å². The van der Waals surface area contributed by atoms with E-state index in [9.17, 15) is 22.0 Å². The summed E-state index contributed by atoms with van der Waals surface area (Å²) < 4.78 is 57.1. The molecular weight excluding hydrogens is 426 g/mol. The molecule has 1 aromatic heterocycles. The minimum absolute atomic E-state index is 0.0353.